The number of ether oxygens (including phenoxy) is 1. The van der Waals surface area contributed by atoms with Crippen LogP contribution in [0.5, 0.6) is 5.75 Å². The van der Waals surface area contributed by atoms with Crippen LogP contribution in [-0.4, -0.2) is 44.0 Å². The van der Waals surface area contributed by atoms with Crippen LogP contribution in [-0.2, 0) is 16.1 Å². The van der Waals surface area contributed by atoms with Crippen LogP contribution in [0.3, 0.4) is 0 Å². The summed E-state index contributed by atoms with van der Waals surface area (Å²) >= 11 is 6.01. The molecule has 0 spiro atoms. The Morgan fingerprint density at radius 3 is 2.54 bits per heavy atom. The van der Waals surface area contributed by atoms with E-state index in [0.717, 1.165) is 11.3 Å². The molecule has 138 valence electrons. The monoisotopic (exact) mass is 375 g/mol. The van der Waals surface area contributed by atoms with Gasteiger partial charge in [0.25, 0.3) is 0 Å². The third kappa shape index (κ3) is 6.38. The molecule has 2 N–H and O–H groups in total. The first-order chi connectivity index (χ1) is 12.5. The standard InChI is InChI=1S/C19H22ClN3O3/c1-23(13-19(25)22-17-9-4-3-8-16(17)20)12-18(24)21-11-14-6-5-7-15(10-14)26-2/h3-10H,11-13H2,1-2H3,(H,21,24)(H,22,25). The van der Waals surface area contributed by atoms with E-state index in [1.54, 1.807) is 43.3 Å². The number of halogens is 1. The first-order valence-electron chi connectivity index (χ1n) is 8.10. The Balaban J connectivity index is 1.76. The lowest BCUT2D eigenvalue weighted by molar-refractivity contribution is -0.123. The van der Waals surface area contributed by atoms with Crippen molar-refractivity contribution in [3.63, 3.8) is 0 Å². The van der Waals surface area contributed by atoms with Crippen LogP contribution >= 0.6 is 11.6 Å². The molecule has 0 saturated carbocycles. The highest BCUT2D eigenvalue weighted by atomic mass is 35.5. The van der Waals surface area contributed by atoms with Gasteiger partial charge in [0, 0.05) is 6.54 Å². The topological polar surface area (TPSA) is 70.7 Å². The van der Waals surface area contributed by atoms with E-state index in [4.69, 9.17) is 16.3 Å². The van der Waals surface area contributed by atoms with Crippen molar-refractivity contribution >= 4 is 29.1 Å². The van der Waals surface area contributed by atoms with E-state index < -0.39 is 0 Å². The molecule has 0 unspecified atom stereocenters. The number of amides is 2. The average Bonchev–Trinajstić information content (AvgIpc) is 2.62. The van der Waals surface area contributed by atoms with Gasteiger partial charge >= 0.3 is 0 Å². The summed E-state index contributed by atoms with van der Waals surface area (Å²) in [4.78, 5) is 25.7. The molecule has 0 aromatic heterocycles. The lowest BCUT2D eigenvalue weighted by Crippen LogP contribution is -2.38. The van der Waals surface area contributed by atoms with Crippen molar-refractivity contribution in [3.8, 4) is 5.75 Å². The number of methoxy groups -OCH3 is 1. The van der Waals surface area contributed by atoms with Gasteiger partial charge in [0.1, 0.15) is 5.75 Å². The van der Waals surface area contributed by atoms with E-state index in [9.17, 15) is 9.59 Å². The molecule has 2 aromatic rings. The number of hydrogen-bond acceptors (Lipinski definition) is 4. The highest BCUT2D eigenvalue weighted by Gasteiger charge is 2.12. The minimum Gasteiger partial charge on any atom is -0.497 e. The van der Waals surface area contributed by atoms with Crippen LogP contribution in [0.25, 0.3) is 0 Å². The SMILES string of the molecule is COc1cccc(CNC(=O)CN(C)CC(=O)Nc2ccccc2Cl)c1. The zero-order valence-electron chi connectivity index (χ0n) is 14.8. The summed E-state index contributed by atoms with van der Waals surface area (Å²) in [5.41, 5.74) is 1.49. The summed E-state index contributed by atoms with van der Waals surface area (Å²) in [6.07, 6.45) is 0. The normalized spacial score (nSPS) is 10.5. The molecule has 0 radical (unpaired) electrons. The summed E-state index contributed by atoms with van der Waals surface area (Å²) in [6, 6.07) is 14.5. The van der Waals surface area contributed by atoms with Crippen molar-refractivity contribution in [1.82, 2.24) is 10.2 Å². The molecule has 0 atom stereocenters. The molecule has 0 heterocycles. The van der Waals surface area contributed by atoms with Crippen LogP contribution in [0, 0.1) is 0 Å². The lowest BCUT2D eigenvalue weighted by Gasteiger charge is -2.16. The zero-order chi connectivity index (χ0) is 18.9. The number of hydrogen-bond donors (Lipinski definition) is 2. The quantitative estimate of drug-likeness (QED) is 0.743. The number of para-hydroxylation sites is 1. The molecule has 26 heavy (non-hydrogen) atoms. The van der Waals surface area contributed by atoms with Gasteiger partial charge in [-0.3, -0.25) is 14.5 Å². The smallest absolute Gasteiger partial charge is 0.238 e. The van der Waals surface area contributed by atoms with Crippen molar-refractivity contribution in [2.75, 3.05) is 32.6 Å². The van der Waals surface area contributed by atoms with Gasteiger partial charge in [-0.1, -0.05) is 35.9 Å². The fraction of sp³-hybridized carbons (Fsp3) is 0.263. The summed E-state index contributed by atoms with van der Waals surface area (Å²) in [5.74, 6) is 0.340. The molecule has 0 aliphatic rings. The van der Waals surface area contributed by atoms with E-state index in [0.29, 0.717) is 17.3 Å². The Bertz CT molecular complexity index is 767. The maximum absolute atomic E-state index is 12.0. The number of rotatable bonds is 8. The fourth-order valence-corrected chi connectivity index (χ4v) is 2.52. The molecule has 2 amide bonds. The molecule has 2 aromatic carbocycles. The van der Waals surface area contributed by atoms with Crippen LogP contribution in [0.2, 0.25) is 5.02 Å². The second-order valence-electron chi connectivity index (χ2n) is 5.83. The van der Waals surface area contributed by atoms with Crippen molar-refractivity contribution in [3.05, 3.63) is 59.1 Å². The van der Waals surface area contributed by atoms with E-state index in [1.165, 1.54) is 0 Å². The molecule has 6 nitrogen and oxygen atoms in total. The summed E-state index contributed by atoms with van der Waals surface area (Å²) in [5, 5.41) is 6.02. The third-order valence-corrected chi connectivity index (χ3v) is 3.93. The van der Waals surface area contributed by atoms with E-state index in [1.807, 2.05) is 24.3 Å². The second kappa shape index (κ2) is 9.79. The van der Waals surface area contributed by atoms with Crippen LogP contribution in [0.15, 0.2) is 48.5 Å². The third-order valence-electron chi connectivity index (χ3n) is 3.60. The van der Waals surface area contributed by atoms with Gasteiger partial charge in [-0.2, -0.15) is 0 Å². The Morgan fingerprint density at radius 2 is 1.81 bits per heavy atom. The Kier molecular flexibility index (Phi) is 7.44. The summed E-state index contributed by atoms with van der Waals surface area (Å²) in [7, 11) is 3.30. The molecule has 0 fully saturated rings. The first-order valence-corrected chi connectivity index (χ1v) is 8.48. The Morgan fingerprint density at radius 1 is 1.08 bits per heavy atom. The van der Waals surface area contributed by atoms with Crippen molar-refractivity contribution in [2.45, 2.75) is 6.54 Å². The highest BCUT2D eigenvalue weighted by molar-refractivity contribution is 6.33. The van der Waals surface area contributed by atoms with E-state index in [-0.39, 0.29) is 24.9 Å². The van der Waals surface area contributed by atoms with Gasteiger partial charge in [-0.25, -0.2) is 0 Å². The Hall–Kier alpha value is -2.57. The molecule has 0 aliphatic carbocycles. The lowest BCUT2D eigenvalue weighted by atomic mass is 10.2. The predicted octanol–water partition coefficient (Wildman–Crippen LogP) is 2.54. The van der Waals surface area contributed by atoms with Crippen LogP contribution in [0.1, 0.15) is 5.56 Å². The predicted molar refractivity (Wildman–Crippen MR) is 102 cm³/mol. The van der Waals surface area contributed by atoms with Gasteiger partial charge in [0.2, 0.25) is 11.8 Å². The van der Waals surface area contributed by atoms with Gasteiger partial charge in [0.15, 0.2) is 0 Å². The largest absolute Gasteiger partial charge is 0.497 e. The van der Waals surface area contributed by atoms with Gasteiger partial charge in [0.05, 0.1) is 30.9 Å². The summed E-state index contributed by atoms with van der Waals surface area (Å²) in [6.45, 7) is 0.591. The van der Waals surface area contributed by atoms with Crippen molar-refractivity contribution in [2.24, 2.45) is 0 Å². The van der Waals surface area contributed by atoms with Gasteiger partial charge in [-0.15, -0.1) is 0 Å². The summed E-state index contributed by atoms with van der Waals surface area (Å²) < 4.78 is 5.15. The molecule has 7 heteroatoms. The average molecular weight is 376 g/mol. The van der Waals surface area contributed by atoms with Crippen LogP contribution < -0.4 is 15.4 Å². The number of nitrogens with one attached hydrogen (secondary N) is 2. The number of anilines is 1. The van der Waals surface area contributed by atoms with Crippen molar-refractivity contribution in [1.29, 1.82) is 0 Å². The number of carbonyl (C=O) groups is 2. The molecular weight excluding hydrogens is 354 g/mol. The zero-order valence-corrected chi connectivity index (χ0v) is 15.5. The maximum atomic E-state index is 12.0. The minimum atomic E-state index is -0.235. The fourth-order valence-electron chi connectivity index (χ4n) is 2.34. The highest BCUT2D eigenvalue weighted by Crippen LogP contribution is 2.20. The van der Waals surface area contributed by atoms with Gasteiger partial charge in [-0.05, 0) is 36.9 Å². The number of benzene rings is 2. The number of likely N-dealkylation sites (N-methyl/N-ethyl adjacent to an activating group) is 1. The second-order valence-corrected chi connectivity index (χ2v) is 6.24. The van der Waals surface area contributed by atoms with E-state index in [2.05, 4.69) is 10.6 Å². The molecule has 2 rings (SSSR count). The number of nitrogens with zero attached hydrogens (tertiary/aromatic N) is 1. The van der Waals surface area contributed by atoms with Crippen molar-refractivity contribution < 1.29 is 14.3 Å². The minimum absolute atomic E-state index is 0.0812. The van der Waals surface area contributed by atoms with Gasteiger partial charge < -0.3 is 15.4 Å². The Labute approximate surface area is 158 Å². The van der Waals surface area contributed by atoms with E-state index >= 15 is 0 Å². The number of carbonyl (C=O) groups excluding carboxylic acids is 2. The van der Waals surface area contributed by atoms with Crippen LogP contribution in [0.4, 0.5) is 5.69 Å². The molecule has 0 bridgehead atoms. The molecule has 0 aliphatic heterocycles. The molecule has 0 saturated heterocycles. The molecular formula is C19H22ClN3O3. The maximum Gasteiger partial charge on any atom is 0.238 e. The first kappa shape index (κ1) is 19.8.